The fourth-order valence-electron chi connectivity index (χ4n) is 9.03. The molecule has 7 aromatic carbocycles. The van der Waals surface area contributed by atoms with Crippen LogP contribution in [-0.2, 0) is 16.2 Å². The smallest absolute Gasteiger partial charge is 0.149 e. The molecule has 1 N–H and O–H groups in total. The van der Waals surface area contributed by atoms with Gasteiger partial charge in [-0.05, 0) is 150 Å². The summed E-state index contributed by atoms with van der Waals surface area (Å²) in [6.45, 7) is -14.8. The van der Waals surface area contributed by atoms with Gasteiger partial charge in [0.2, 0.25) is 0 Å². The van der Waals surface area contributed by atoms with Gasteiger partial charge in [-0.25, -0.2) is 4.98 Å². The van der Waals surface area contributed by atoms with Gasteiger partial charge in [0.05, 0.1) is 28.0 Å². The summed E-state index contributed by atoms with van der Waals surface area (Å²) in [6.07, 6.45) is 1.69. The van der Waals surface area contributed by atoms with E-state index >= 15 is 0 Å². The molecule has 0 atom stereocenters. The minimum absolute atomic E-state index is 0.00828. The number of hydrogen-bond donors (Lipinski definition) is 1. The molecule has 71 heavy (non-hydrogen) atoms. The van der Waals surface area contributed by atoms with Crippen molar-refractivity contribution in [2.45, 2.75) is 124 Å². The van der Waals surface area contributed by atoms with Crippen molar-refractivity contribution in [2.24, 2.45) is 0 Å². The van der Waals surface area contributed by atoms with Crippen molar-refractivity contribution < 1.29 is 35.3 Å². The molecule has 0 aliphatic rings. The topological polar surface area (TPSA) is 50.9 Å². The van der Waals surface area contributed by atoms with Gasteiger partial charge < -0.3 is 5.11 Å². The molecule has 9 aromatic rings. The van der Waals surface area contributed by atoms with Gasteiger partial charge >= 0.3 is 0 Å². The zero-order valence-corrected chi connectivity index (χ0v) is 40.9. The summed E-state index contributed by atoms with van der Waals surface area (Å²) >= 11 is 0. The van der Waals surface area contributed by atoms with E-state index in [1.165, 1.54) is 22.8 Å². The first-order valence-corrected chi connectivity index (χ1v) is 23.5. The summed E-state index contributed by atoms with van der Waals surface area (Å²) in [5.74, 6) is -3.32. The van der Waals surface area contributed by atoms with Gasteiger partial charge in [0.25, 0.3) is 0 Å². The highest BCUT2D eigenvalue weighted by atomic mass is 16.3. The molecule has 0 saturated carbocycles. The van der Waals surface area contributed by atoms with Crippen molar-refractivity contribution in [3.63, 3.8) is 0 Å². The highest BCUT2D eigenvalue weighted by molar-refractivity contribution is 5.97. The normalized spacial score (nSPS) is 18.4. The molecule has 0 amide bonds. The van der Waals surface area contributed by atoms with Crippen LogP contribution >= 0.6 is 0 Å². The number of nitrogens with zero attached hydrogens (tertiary/aromatic N) is 3. The van der Waals surface area contributed by atoms with E-state index in [1.54, 1.807) is 44.3 Å². The molecule has 0 bridgehead atoms. The van der Waals surface area contributed by atoms with E-state index in [4.69, 9.17) is 36.0 Å². The van der Waals surface area contributed by atoms with Crippen LogP contribution < -0.4 is 0 Å². The maximum Gasteiger partial charge on any atom is 0.149 e. The van der Waals surface area contributed by atoms with Crippen LogP contribution in [0.4, 0.5) is 0 Å². The van der Waals surface area contributed by atoms with E-state index in [1.807, 2.05) is 132 Å². The first kappa shape index (κ1) is 28.7. The lowest BCUT2D eigenvalue weighted by Crippen LogP contribution is -2.17. The van der Waals surface area contributed by atoms with E-state index in [0.717, 1.165) is 33.4 Å². The second kappa shape index (κ2) is 18.6. The number of benzene rings is 7. The molecule has 2 aromatic heterocycles. The highest BCUT2D eigenvalue weighted by Crippen LogP contribution is 2.46. The summed E-state index contributed by atoms with van der Waals surface area (Å²) in [4.78, 5) is 9.93. The van der Waals surface area contributed by atoms with Crippen molar-refractivity contribution in [3.05, 3.63) is 191 Å². The van der Waals surface area contributed by atoms with Gasteiger partial charge in [0.1, 0.15) is 11.6 Å². The SMILES string of the molecule is [2H]C([2H])([2H])c1cc(-c2cc(C(C)C)cc(C([2H])(C)C)c2)ccc1-n1c(-c2cc(C(C([2H])([2H])[2H])(C([2H])([2H])[2H])C([2H])([2H])[2H])cc(C(C([2H])([2H])[2H])(C([2H])([2H])[2H])C([2H])([2H])[2H])c2O)nc2c(-c3cc(-c4cc(-c5ccc(-c6ccccc6)cc5)ccn4)cc(C(C)(C)C)c3)cccc21. The van der Waals surface area contributed by atoms with Crippen molar-refractivity contribution >= 4 is 11.0 Å². The fourth-order valence-corrected chi connectivity index (χ4v) is 9.03. The molecule has 0 spiro atoms. The van der Waals surface area contributed by atoms with Crippen molar-refractivity contribution in [2.75, 3.05) is 0 Å². The molecular weight excluding hydrogens is 863 g/mol. The third kappa shape index (κ3) is 9.87. The van der Waals surface area contributed by atoms with Crippen LogP contribution in [-0.4, -0.2) is 19.6 Å². The number of aromatic hydroxyl groups is 1. The van der Waals surface area contributed by atoms with Crippen LogP contribution in [0.15, 0.2) is 158 Å². The molecule has 0 radical (unpaired) electrons. The number of aromatic nitrogens is 3. The molecule has 0 saturated heterocycles. The Hall–Kier alpha value is -7.04. The van der Waals surface area contributed by atoms with E-state index < -0.39 is 104 Å². The van der Waals surface area contributed by atoms with E-state index in [-0.39, 0.29) is 28.7 Å². The first-order chi connectivity index (χ1) is 42.6. The van der Waals surface area contributed by atoms with Gasteiger partial charge in [0.15, 0.2) is 0 Å². The molecule has 9 rings (SSSR count). The van der Waals surface area contributed by atoms with Gasteiger partial charge in [-0.15, -0.1) is 0 Å². The maximum atomic E-state index is 13.1. The number of rotatable bonds is 9. The Balaban J connectivity index is 1.45. The average molecular weight is 956 g/mol. The number of fused-ring (bicyclic) bond motifs is 1. The lowest BCUT2D eigenvalue weighted by Gasteiger charge is -2.27. The van der Waals surface area contributed by atoms with E-state index in [0.29, 0.717) is 45.1 Å². The Morgan fingerprint density at radius 2 is 1.18 bits per heavy atom. The molecule has 0 fully saturated rings. The minimum atomic E-state index is -4.25. The molecular formula is C67H71N3O. The number of para-hydroxylation sites is 1. The largest absolute Gasteiger partial charge is 0.507 e. The number of phenolic OH excluding ortho intramolecular Hbond substituents is 1. The van der Waals surface area contributed by atoms with E-state index in [9.17, 15) is 9.22 Å². The predicted molar refractivity (Wildman–Crippen MR) is 302 cm³/mol. The number of pyridine rings is 1. The van der Waals surface area contributed by atoms with Crippen LogP contribution in [0.5, 0.6) is 5.75 Å². The van der Waals surface area contributed by atoms with Crippen LogP contribution in [0.2, 0.25) is 0 Å². The maximum absolute atomic E-state index is 13.1. The lowest BCUT2D eigenvalue weighted by atomic mass is 9.79. The Morgan fingerprint density at radius 3 is 1.86 bits per heavy atom. The number of imidazole rings is 1. The molecule has 0 aliphatic carbocycles. The second-order valence-electron chi connectivity index (χ2n) is 20.0. The van der Waals surface area contributed by atoms with Crippen LogP contribution in [0.25, 0.3) is 83.9 Å². The quantitative estimate of drug-likeness (QED) is 0.157. The van der Waals surface area contributed by atoms with Crippen LogP contribution in [0, 0.1) is 6.85 Å². The average Bonchev–Trinajstić information content (AvgIpc) is 1.13. The molecule has 2 heterocycles. The van der Waals surface area contributed by atoms with Gasteiger partial charge in [0, 0.05) is 53.0 Å². The zero-order chi connectivity index (χ0) is 69.2. The zero-order valence-electron chi connectivity index (χ0n) is 62.9. The lowest BCUT2D eigenvalue weighted by molar-refractivity contribution is 0.446. The van der Waals surface area contributed by atoms with Crippen molar-refractivity contribution in [1.82, 2.24) is 14.5 Å². The molecule has 360 valence electrons. The number of hydrogen-bond acceptors (Lipinski definition) is 3. The first-order valence-electron chi connectivity index (χ1n) is 34.5. The van der Waals surface area contributed by atoms with E-state index in [2.05, 4.69) is 0 Å². The summed E-state index contributed by atoms with van der Waals surface area (Å²) in [6, 6.07) is 43.1. The summed E-state index contributed by atoms with van der Waals surface area (Å²) in [7, 11) is 0. The fraction of sp³-hybridized carbons (Fsp3) is 0.284. The molecule has 4 nitrogen and oxygen atoms in total. The van der Waals surface area contributed by atoms with Crippen LogP contribution in [0.1, 0.15) is 165 Å². The molecule has 4 heteroatoms. The standard InChI is InChI=1S/C67H71N3O/c1-41(2)49-32-50(42(3)4)34-51(33-49)47-27-28-60(43(5)31-47)70-61-22-18-21-56(62(61)69-64(70)57-39-55(66(9,10)11)40-58(63(57)71)67(12,13)14)52-35-53(37-54(36-52)65(6,7)8)59-38-48(29-30-68-59)46-25-23-45(24-26-46)44-19-16-15-17-20-44/h15-42,71H,1-14H3/i5D3,9D3,10D3,11D3,12D3,13D3,14D3,41D. The number of aryl methyl sites for hydroxylation is 1. The van der Waals surface area contributed by atoms with Crippen LogP contribution in [0.3, 0.4) is 0 Å². The minimum Gasteiger partial charge on any atom is -0.507 e. The second-order valence-corrected chi connectivity index (χ2v) is 20.0. The highest BCUT2D eigenvalue weighted by Gasteiger charge is 2.29. The summed E-state index contributed by atoms with van der Waals surface area (Å²) in [5, 5.41) is 13.1. The summed E-state index contributed by atoms with van der Waals surface area (Å²) < 4.78 is 197. The van der Waals surface area contributed by atoms with Crippen molar-refractivity contribution in [3.8, 4) is 78.6 Å². The summed E-state index contributed by atoms with van der Waals surface area (Å²) in [5.41, 5.74) is -4.49. The van der Waals surface area contributed by atoms with Crippen molar-refractivity contribution in [1.29, 1.82) is 0 Å². The number of phenols is 1. The Labute approximate surface area is 454 Å². The molecule has 0 aliphatic heterocycles. The third-order valence-corrected chi connectivity index (χ3v) is 13.1. The Morgan fingerprint density at radius 1 is 0.535 bits per heavy atom. The Bertz CT molecular complexity index is 4210. The Kier molecular flexibility index (Phi) is 7.53. The monoisotopic (exact) mass is 956 g/mol. The predicted octanol–water partition coefficient (Wildman–Crippen LogP) is 18.6. The molecule has 0 unspecified atom stereocenters. The van der Waals surface area contributed by atoms with Gasteiger partial charge in [-0.3, -0.25) is 9.55 Å². The van der Waals surface area contributed by atoms with Gasteiger partial charge in [-0.2, -0.15) is 0 Å². The third-order valence-electron chi connectivity index (χ3n) is 13.1. The van der Waals surface area contributed by atoms with Gasteiger partial charge in [-0.1, -0.05) is 193 Å².